The van der Waals surface area contributed by atoms with Crippen LogP contribution >= 0.6 is 0 Å². The summed E-state index contributed by atoms with van der Waals surface area (Å²) in [5.41, 5.74) is 3.98. The highest BCUT2D eigenvalue weighted by Crippen LogP contribution is 2.35. The minimum absolute atomic E-state index is 0.207. The topological polar surface area (TPSA) is 144 Å². The molecule has 5 heterocycles. The Morgan fingerprint density at radius 3 is 2.39 bits per heavy atom. The molecule has 1 unspecified atom stereocenters. The van der Waals surface area contributed by atoms with E-state index in [4.69, 9.17) is 4.98 Å². The lowest BCUT2D eigenvalue weighted by Crippen LogP contribution is -2.51. The standard InChI is InChI=1S/C37H48N8O4/c1-25(2)29-20-39-36(40-21-29)41-31-10-14-44(15-11-31)33-8-5-27(19-38-33)22-43-16-12-37(49,13-17-43)30-6-4-26(3)28(18-30)23-45(24-46)32-7-9-34(47)42-35(32)48/h4-6,8,18-21,24-25,31-32,49H,7,9-17,22-23H2,1-3H3,(H,39,40,41)(H,42,47,48). The molecule has 3 aliphatic rings. The number of benzene rings is 1. The molecule has 6 rings (SSSR count). The summed E-state index contributed by atoms with van der Waals surface area (Å²) in [6.45, 7) is 10.6. The number of rotatable bonds is 11. The molecular formula is C37H48N8O4. The molecule has 3 aliphatic heterocycles. The fraction of sp³-hybridized carbons (Fsp3) is 0.514. The number of likely N-dealkylation sites (tertiary alicyclic amines) is 1. The van der Waals surface area contributed by atoms with Gasteiger partial charge in [0.15, 0.2) is 0 Å². The Balaban J connectivity index is 0.985. The Labute approximate surface area is 288 Å². The van der Waals surface area contributed by atoms with Crippen LogP contribution in [0.4, 0.5) is 11.8 Å². The fourth-order valence-corrected chi connectivity index (χ4v) is 7.02. The summed E-state index contributed by atoms with van der Waals surface area (Å²) in [7, 11) is 0. The lowest BCUT2D eigenvalue weighted by atomic mass is 9.83. The SMILES string of the molecule is Cc1ccc(C2(O)CCN(Cc3ccc(N4CCC(Nc5ncc(C(C)C)cn5)CC4)nc3)CC2)cc1CN(C=O)C1CCC(=O)NC1=O. The molecule has 0 spiro atoms. The van der Waals surface area contributed by atoms with E-state index in [-0.39, 0.29) is 18.9 Å². The maximum atomic E-state index is 12.4. The summed E-state index contributed by atoms with van der Waals surface area (Å²) in [4.78, 5) is 55.9. The first-order valence-corrected chi connectivity index (χ1v) is 17.5. The summed E-state index contributed by atoms with van der Waals surface area (Å²) in [6, 6.07) is 9.82. The van der Waals surface area contributed by atoms with Gasteiger partial charge in [-0.05, 0) is 78.8 Å². The highest BCUT2D eigenvalue weighted by Gasteiger charge is 2.35. The number of pyridine rings is 1. The van der Waals surface area contributed by atoms with E-state index in [9.17, 15) is 19.5 Å². The van der Waals surface area contributed by atoms with Gasteiger partial charge in [0.2, 0.25) is 24.2 Å². The van der Waals surface area contributed by atoms with Crippen molar-refractivity contribution in [2.45, 2.75) is 96.0 Å². The number of carbonyl (C=O) groups is 3. The van der Waals surface area contributed by atoms with Crippen LogP contribution in [0.1, 0.15) is 86.1 Å². The molecule has 2 aromatic heterocycles. The summed E-state index contributed by atoms with van der Waals surface area (Å²) >= 11 is 0. The van der Waals surface area contributed by atoms with Crippen molar-refractivity contribution in [1.29, 1.82) is 0 Å². The van der Waals surface area contributed by atoms with Crippen molar-refractivity contribution in [2.24, 2.45) is 0 Å². The molecule has 260 valence electrons. The van der Waals surface area contributed by atoms with Gasteiger partial charge in [-0.1, -0.05) is 38.1 Å². The van der Waals surface area contributed by atoms with Gasteiger partial charge in [-0.2, -0.15) is 0 Å². The number of piperidine rings is 3. The molecule has 1 aromatic carbocycles. The normalized spacial score (nSPS) is 20.3. The molecule has 12 heteroatoms. The van der Waals surface area contributed by atoms with Crippen molar-refractivity contribution in [1.82, 2.24) is 30.1 Å². The van der Waals surface area contributed by atoms with Gasteiger partial charge in [-0.15, -0.1) is 0 Å². The lowest BCUT2D eigenvalue weighted by molar-refractivity contribution is -0.141. The quantitative estimate of drug-likeness (QED) is 0.205. The van der Waals surface area contributed by atoms with Crippen LogP contribution < -0.4 is 15.5 Å². The minimum atomic E-state index is -0.980. The molecule has 3 N–H and O–H groups in total. The van der Waals surface area contributed by atoms with Gasteiger partial charge in [-0.25, -0.2) is 15.0 Å². The number of nitrogens with zero attached hydrogens (tertiary/aromatic N) is 6. The van der Waals surface area contributed by atoms with Crippen LogP contribution in [-0.4, -0.2) is 86.3 Å². The molecule has 49 heavy (non-hydrogen) atoms. The largest absolute Gasteiger partial charge is 0.385 e. The van der Waals surface area contributed by atoms with Crippen LogP contribution in [0.15, 0.2) is 48.9 Å². The van der Waals surface area contributed by atoms with Crippen LogP contribution in [0.2, 0.25) is 0 Å². The summed E-state index contributed by atoms with van der Waals surface area (Å²) in [5, 5.41) is 17.5. The van der Waals surface area contributed by atoms with E-state index < -0.39 is 17.6 Å². The van der Waals surface area contributed by atoms with Gasteiger partial charge in [0.1, 0.15) is 11.9 Å². The fourth-order valence-electron chi connectivity index (χ4n) is 7.02. The van der Waals surface area contributed by atoms with E-state index >= 15 is 0 Å². The number of imide groups is 1. The van der Waals surface area contributed by atoms with Crippen LogP contribution in [-0.2, 0) is 33.1 Å². The zero-order valence-electron chi connectivity index (χ0n) is 28.8. The van der Waals surface area contributed by atoms with Crippen molar-refractivity contribution >= 4 is 30.0 Å². The van der Waals surface area contributed by atoms with Crippen molar-refractivity contribution in [3.8, 4) is 0 Å². The molecule has 0 aliphatic carbocycles. The van der Waals surface area contributed by atoms with Gasteiger partial charge >= 0.3 is 0 Å². The van der Waals surface area contributed by atoms with Crippen LogP contribution in [0.3, 0.4) is 0 Å². The Morgan fingerprint density at radius 1 is 1.02 bits per heavy atom. The predicted molar refractivity (Wildman–Crippen MR) is 187 cm³/mol. The van der Waals surface area contributed by atoms with Gasteiger partial charge in [0.25, 0.3) is 0 Å². The average Bonchev–Trinajstić information content (AvgIpc) is 3.10. The zero-order valence-corrected chi connectivity index (χ0v) is 28.8. The van der Waals surface area contributed by atoms with Crippen molar-refractivity contribution < 1.29 is 19.5 Å². The molecule has 1 atom stereocenters. The average molecular weight is 669 g/mol. The molecule has 3 saturated heterocycles. The second kappa shape index (κ2) is 15.0. The van der Waals surface area contributed by atoms with Crippen molar-refractivity contribution in [3.05, 3.63) is 76.7 Å². The van der Waals surface area contributed by atoms with E-state index in [0.29, 0.717) is 43.6 Å². The molecule has 3 fully saturated rings. The molecule has 3 aromatic rings. The first kappa shape index (κ1) is 34.4. The first-order valence-electron chi connectivity index (χ1n) is 17.5. The lowest BCUT2D eigenvalue weighted by Gasteiger charge is -2.39. The van der Waals surface area contributed by atoms with E-state index in [1.54, 1.807) is 0 Å². The third-order valence-electron chi connectivity index (χ3n) is 10.4. The number of anilines is 2. The Kier molecular flexibility index (Phi) is 10.5. The third-order valence-corrected chi connectivity index (χ3v) is 10.4. The molecule has 12 nitrogen and oxygen atoms in total. The molecule has 0 radical (unpaired) electrons. The van der Waals surface area contributed by atoms with Crippen LogP contribution in [0.25, 0.3) is 0 Å². The van der Waals surface area contributed by atoms with Gasteiger partial charge in [-0.3, -0.25) is 24.6 Å². The Bertz CT molecular complexity index is 1610. The number of amides is 3. The zero-order chi connectivity index (χ0) is 34.5. The first-order chi connectivity index (χ1) is 23.6. The van der Waals surface area contributed by atoms with E-state index in [2.05, 4.69) is 56.4 Å². The number of carbonyl (C=O) groups excluding carboxylic acids is 3. The van der Waals surface area contributed by atoms with E-state index in [1.807, 2.05) is 43.7 Å². The summed E-state index contributed by atoms with van der Waals surface area (Å²) in [5.74, 6) is 1.35. The number of aryl methyl sites for hydroxylation is 1. The Morgan fingerprint density at radius 2 is 1.76 bits per heavy atom. The van der Waals surface area contributed by atoms with Crippen LogP contribution in [0, 0.1) is 6.92 Å². The predicted octanol–water partition coefficient (Wildman–Crippen LogP) is 3.63. The number of aromatic nitrogens is 3. The molecular weight excluding hydrogens is 620 g/mol. The summed E-state index contributed by atoms with van der Waals surface area (Å²) < 4.78 is 0. The smallest absolute Gasteiger partial charge is 0.249 e. The van der Waals surface area contributed by atoms with E-state index in [1.165, 1.54) is 4.90 Å². The second-order valence-electron chi connectivity index (χ2n) is 14.1. The second-order valence-corrected chi connectivity index (χ2v) is 14.1. The Hall–Kier alpha value is -4.42. The van der Waals surface area contributed by atoms with Gasteiger partial charge < -0.3 is 20.2 Å². The minimum Gasteiger partial charge on any atom is -0.385 e. The van der Waals surface area contributed by atoms with Crippen molar-refractivity contribution in [3.63, 3.8) is 0 Å². The molecule has 3 amide bonds. The monoisotopic (exact) mass is 668 g/mol. The van der Waals surface area contributed by atoms with Crippen molar-refractivity contribution in [2.75, 3.05) is 36.4 Å². The highest BCUT2D eigenvalue weighted by atomic mass is 16.3. The maximum Gasteiger partial charge on any atom is 0.249 e. The number of hydrogen-bond acceptors (Lipinski definition) is 10. The molecule has 0 saturated carbocycles. The summed E-state index contributed by atoms with van der Waals surface area (Å²) in [6.07, 6.45) is 10.1. The molecule has 0 bridgehead atoms. The van der Waals surface area contributed by atoms with Crippen LogP contribution in [0.5, 0.6) is 0 Å². The van der Waals surface area contributed by atoms with Gasteiger partial charge in [0, 0.05) is 70.3 Å². The van der Waals surface area contributed by atoms with E-state index in [0.717, 1.165) is 79.2 Å². The third kappa shape index (κ3) is 8.25. The highest BCUT2D eigenvalue weighted by molar-refractivity contribution is 6.00. The van der Waals surface area contributed by atoms with Gasteiger partial charge in [0.05, 0.1) is 5.60 Å². The maximum absolute atomic E-state index is 12.4. The number of nitrogens with one attached hydrogen (secondary N) is 2. The number of hydrogen-bond donors (Lipinski definition) is 3. The number of aliphatic hydroxyl groups is 1.